The van der Waals surface area contributed by atoms with Gasteiger partial charge in [0.1, 0.15) is 5.60 Å². The molecule has 1 aliphatic rings. The van der Waals surface area contributed by atoms with Crippen LogP contribution in [0.25, 0.3) is 0 Å². The Hall–Kier alpha value is -0.700. The molecule has 1 atom stereocenters. The van der Waals surface area contributed by atoms with Crippen molar-refractivity contribution in [3.05, 3.63) is 12.5 Å². The lowest BCUT2D eigenvalue weighted by Gasteiger charge is -2.38. The third kappa shape index (κ3) is 4.89. The molecule has 106 valence electrons. The molecule has 1 rings (SSSR count). The highest BCUT2D eigenvalue weighted by atomic mass is 16.5. The zero-order valence-electron chi connectivity index (χ0n) is 12.4. The number of rotatable bonds is 5. The van der Waals surface area contributed by atoms with E-state index in [0.29, 0.717) is 12.5 Å². The standard InChI is InChI=1S/C15H29NO2/c1-12(8-11-17)14-6-9-16(10-7-14)13(2)18-15(3,4)5/h12,14,17H,2,6-11H2,1,3-5H3/t12-/m1/s1. The number of aliphatic hydroxyl groups excluding tert-OH is 1. The van der Waals surface area contributed by atoms with Gasteiger partial charge in [0.15, 0.2) is 5.88 Å². The van der Waals surface area contributed by atoms with Crippen molar-refractivity contribution in [3.63, 3.8) is 0 Å². The van der Waals surface area contributed by atoms with Crippen molar-refractivity contribution in [2.75, 3.05) is 19.7 Å². The fraction of sp³-hybridized carbons (Fsp3) is 0.867. The molecule has 3 nitrogen and oxygen atoms in total. The van der Waals surface area contributed by atoms with Crippen LogP contribution in [0.4, 0.5) is 0 Å². The summed E-state index contributed by atoms with van der Waals surface area (Å²) >= 11 is 0. The van der Waals surface area contributed by atoms with Gasteiger partial charge in [0.05, 0.1) is 0 Å². The highest BCUT2D eigenvalue weighted by Gasteiger charge is 2.25. The Morgan fingerprint density at radius 1 is 1.39 bits per heavy atom. The van der Waals surface area contributed by atoms with Crippen LogP contribution in [0.5, 0.6) is 0 Å². The molecular formula is C15H29NO2. The topological polar surface area (TPSA) is 32.7 Å². The summed E-state index contributed by atoms with van der Waals surface area (Å²) in [6, 6.07) is 0. The van der Waals surface area contributed by atoms with E-state index in [-0.39, 0.29) is 5.60 Å². The lowest BCUT2D eigenvalue weighted by Crippen LogP contribution is -2.37. The van der Waals surface area contributed by atoms with Gasteiger partial charge in [0.2, 0.25) is 0 Å². The predicted octanol–water partition coefficient (Wildman–Crippen LogP) is 3.00. The lowest BCUT2D eigenvalue weighted by atomic mass is 9.84. The maximum absolute atomic E-state index is 8.99. The SMILES string of the molecule is C=C(OC(C)(C)C)N1CCC([C@H](C)CCO)CC1. The molecule has 18 heavy (non-hydrogen) atoms. The Bertz CT molecular complexity index is 262. The average Bonchev–Trinajstić information content (AvgIpc) is 2.27. The fourth-order valence-electron chi connectivity index (χ4n) is 2.58. The van der Waals surface area contributed by atoms with Gasteiger partial charge in [-0.25, -0.2) is 0 Å². The molecular weight excluding hydrogens is 226 g/mol. The second kappa shape index (κ2) is 6.46. The molecule has 3 heteroatoms. The smallest absolute Gasteiger partial charge is 0.182 e. The first-order valence-corrected chi connectivity index (χ1v) is 7.07. The molecule has 1 N–H and O–H groups in total. The fourth-order valence-corrected chi connectivity index (χ4v) is 2.58. The minimum Gasteiger partial charge on any atom is -0.474 e. The zero-order chi connectivity index (χ0) is 13.8. The number of hydrogen-bond donors (Lipinski definition) is 1. The van der Waals surface area contributed by atoms with Crippen LogP contribution < -0.4 is 0 Å². The van der Waals surface area contributed by atoms with Crippen LogP contribution in [-0.2, 0) is 4.74 Å². The summed E-state index contributed by atoms with van der Waals surface area (Å²) in [7, 11) is 0. The molecule has 0 radical (unpaired) electrons. The van der Waals surface area contributed by atoms with Gasteiger partial charge < -0.3 is 14.7 Å². The second-order valence-corrected chi connectivity index (χ2v) is 6.42. The van der Waals surface area contributed by atoms with E-state index >= 15 is 0 Å². The highest BCUT2D eigenvalue weighted by Crippen LogP contribution is 2.29. The largest absolute Gasteiger partial charge is 0.474 e. The molecule has 0 saturated carbocycles. The Labute approximate surface area is 112 Å². The summed E-state index contributed by atoms with van der Waals surface area (Å²) in [6.07, 6.45) is 3.27. The predicted molar refractivity (Wildman–Crippen MR) is 75.1 cm³/mol. The van der Waals surface area contributed by atoms with Crippen molar-refractivity contribution in [1.29, 1.82) is 0 Å². The van der Waals surface area contributed by atoms with E-state index in [4.69, 9.17) is 9.84 Å². The van der Waals surface area contributed by atoms with Crippen LogP contribution in [0.15, 0.2) is 12.5 Å². The number of aliphatic hydroxyl groups is 1. The average molecular weight is 255 g/mol. The van der Waals surface area contributed by atoms with Gasteiger partial charge in [0, 0.05) is 19.7 Å². The number of hydrogen-bond acceptors (Lipinski definition) is 3. The summed E-state index contributed by atoms with van der Waals surface area (Å²) in [5.41, 5.74) is -0.169. The number of piperidine rings is 1. The third-order valence-corrected chi connectivity index (χ3v) is 3.71. The Balaban J connectivity index is 2.37. The Kier molecular flexibility index (Phi) is 5.51. The van der Waals surface area contributed by atoms with Crippen LogP contribution in [0.1, 0.15) is 47.0 Å². The van der Waals surface area contributed by atoms with Gasteiger partial charge >= 0.3 is 0 Å². The first-order valence-electron chi connectivity index (χ1n) is 7.07. The quantitative estimate of drug-likeness (QED) is 0.767. The van der Waals surface area contributed by atoms with Crippen LogP contribution >= 0.6 is 0 Å². The maximum atomic E-state index is 8.99. The van der Waals surface area contributed by atoms with Gasteiger partial charge in [0.25, 0.3) is 0 Å². The van der Waals surface area contributed by atoms with Crippen molar-refractivity contribution in [2.24, 2.45) is 11.8 Å². The van der Waals surface area contributed by atoms with Gasteiger partial charge in [-0.3, -0.25) is 0 Å². The summed E-state index contributed by atoms with van der Waals surface area (Å²) in [5, 5.41) is 8.99. The zero-order valence-corrected chi connectivity index (χ0v) is 12.4. The molecule has 0 aromatic carbocycles. The molecule has 0 spiro atoms. The van der Waals surface area contributed by atoms with Crippen molar-refractivity contribution in [3.8, 4) is 0 Å². The first kappa shape index (κ1) is 15.4. The highest BCUT2D eigenvalue weighted by molar-refractivity contribution is 4.90. The molecule has 0 amide bonds. The van der Waals surface area contributed by atoms with Crippen molar-refractivity contribution in [1.82, 2.24) is 4.90 Å². The number of ether oxygens (including phenoxy) is 1. The van der Waals surface area contributed by atoms with Crippen LogP contribution in [0, 0.1) is 11.8 Å². The van der Waals surface area contributed by atoms with Crippen LogP contribution in [-0.4, -0.2) is 35.3 Å². The minimum atomic E-state index is -0.169. The Morgan fingerprint density at radius 2 is 1.94 bits per heavy atom. The Morgan fingerprint density at radius 3 is 2.39 bits per heavy atom. The number of likely N-dealkylation sites (tertiary alicyclic amines) is 1. The van der Waals surface area contributed by atoms with E-state index in [0.717, 1.165) is 31.3 Å². The van der Waals surface area contributed by atoms with E-state index < -0.39 is 0 Å². The molecule has 1 heterocycles. The second-order valence-electron chi connectivity index (χ2n) is 6.42. The molecule has 0 bridgehead atoms. The monoisotopic (exact) mass is 255 g/mol. The third-order valence-electron chi connectivity index (χ3n) is 3.71. The van der Waals surface area contributed by atoms with Crippen molar-refractivity contribution < 1.29 is 9.84 Å². The molecule has 0 unspecified atom stereocenters. The molecule has 1 fully saturated rings. The van der Waals surface area contributed by atoms with Gasteiger partial charge in [-0.2, -0.15) is 0 Å². The minimum absolute atomic E-state index is 0.169. The van der Waals surface area contributed by atoms with Gasteiger partial charge in [-0.15, -0.1) is 0 Å². The maximum Gasteiger partial charge on any atom is 0.182 e. The normalized spacial score (nSPS) is 19.7. The van der Waals surface area contributed by atoms with E-state index in [2.05, 4.69) is 18.4 Å². The molecule has 0 aromatic heterocycles. The van der Waals surface area contributed by atoms with E-state index in [1.807, 2.05) is 20.8 Å². The van der Waals surface area contributed by atoms with E-state index in [9.17, 15) is 0 Å². The van der Waals surface area contributed by atoms with Crippen molar-refractivity contribution >= 4 is 0 Å². The lowest BCUT2D eigenvalue weighted by molar-refractivity contribution is -0.00836. The number of nitrogens with zero attached hydrogens (tertiary/aromatic N) is 1. The van der Waals surface area contributed by atoms with Crippen molar-refractivity contribution in [2.45, 2.75) is 52.6 Å². The summed E-state index contributed by atoms with van der Waals surface area (Å²) in [5.74, 6) is 2.15. The van der Waals surface area contributed by atoms with Crippen LogP contribution in [0.3, 0.4) is 0 Å². The first-order chi connectivity index (χ1) is 8.33. The molecule has 0 aliphatic carbocycles. The molecule has 1 saturated heterocycles. The molecule has 1 aliphatic heterocycles. The van der Waals surface area contributed by atoms with E-state index in [1.165, 1.54) is 12.8 Å². The molecule has 0 aromatic rings. The van der Waals surface area contributed by atoms with Gasteiger partial charge in [-0.05, 0) is 58.4 Å². The summed E-state index contributed by atoms with van der Waals surface area (Å²) in [4.78, 5) is 2.24. The summed E-state index contributed by atoms with van der Waals surface area (Å²) in [6.45, 7) is 14.8. The summed E-state index contributed by atoms with van der Waals surface area (Å²) < 4.78 is 5.81. The van der Waals surface area contributed by atoms with Gasteiger partial charge in [-0.1, -0.05) is 6.92 Å². The van der Waals surface area contributed by atoms with E-state index in [1.54, 1.807) is 0 Å². The van der Waals surface area contributed by atoms with Crippen LogP contribution in [0.2, 0.25) is 0 Å².